The number of ether oxygens (including phenoxy) is 2. The van der Waals surface area contributed by atoms with Crippen LogP contribution in [0.5, 0.6) is 5.75 Å². The van der Waals surface area contributed by atoms with Crippen molar-refractivity contribution in [1.82, 2.24) is 4.98 Å². The van der Waals surface area contributed by atoms with Crippen LogP contribution in [0.4, 0.5) is 11.4 Å². The molecule has 0 aliphatic heterocycles. The van der Waals surface area contributed by atoms with Gasteiger partial charge in [-0.15, -0.1) is 0 Å². The van der Waals surface area contributed by atoms with Crippen molar-refractivity contribution in [2.45, 2.75) is 33.6 Å². The second-order valence-corrected chi connectivity index (χ2v) is 6.40. The first-order valence-electron chi connectivity index (χ1n) is 9.76. The minimum atomic E-state index is -0.395. The Labute approximate surface area is 165 Å². The third-order valence-electron chi connectivity index (χ3n) is 4.47. The number of aromatic nitrogens is 1. The number of benzene rings is 2. The zero-order valence-electron chi connectivity index (χ0n) is 16.6. The lowest BCUT2D eigenvalue weighted by atomic mass is 10.0. The number of anilines is 2. The number of esters is 1. The second-order valence-electron chi connectivity index (χ2n) is 6.40. The number of nitrogens with zero attached hydrogens (tertiary/aromatic N) is 1. The molecule has 0 aliphatic carbocycles. The average Bonchev–Trinajstić information content (AvgIpc) is 2.73. The van der Waals surface area contributed by atoms with E-state index in [2.05, 4.69) is 30.2 Å². The maximum atomic E-state index is 12.6. The van der Waals surface area contributed by atoms with Gasteiger partial charge >= 0.3 is 5.97 Å². The summed E-state index contributed by atoms with van der Waals surface area (Å²) in [4.78, 5) is 17.1. The molecule has 0 unspecified atom stereocenters. The third kappa shape index (κ3) is 4.09. The third-order valence-corrected chi connectivity index (χ3v) is 4.47. The van der Waals surface area contributed by atoms with Gasteiger partial charge in [0.1, 0.15) is 11.3 Å². The highest BCUT2D eigenvalue weighted by Crippen LogP contribution is 2.34. The van der Waals surface area contributed by atoms with Crippen LogP contribution in [0.1, 0.15) is 43.1 Å². The van der Waals surface area contributed by atoms with E-state index in [-0.39, 0.29) is 0 Å². The van der Waals surface area contributed by atoms with Gasteiger partial charge < -0.3 is 14.8 Å². The molecule has 1 aromatic heterocycles. The van der Waals surface area contributed by atoms with Gasteiger partial charge in [0.25, 0.3) is 0 Å². The molecule has 3 rings (SSSR count). The Balaban J connectivity index is 2.15. The van der Waals surface area contributed by atoms with E-state index >= 15 is 0 Å². The molecule has 0 saturated heterocycles. The summed E-state index contributed by atoms with van der Waals surface area (Å²) in [6.07, 6.45) is 3.37. The molecule has 0 aliphatic rings. The van der Waals surface area contributed by atoms with Crippen molar-refractivity contribution in [2.75, 3.05) is 18.5 Å². The number of hydrogen-bond donors (Lipinski definition) is 1. The van der Waals surface area contributed by atoms with Gasteiger partial charge in [-0.1, -0.05) is 44.2 Å². The number of rotatable bonds is 8. The highest BCUT2D eigenvalue weighted by Gasteiger charge is 2.19. The van der Waals surface area contributed by atoms with E-state index in [1.807, 2.05) is 36.4 Å². The molecular weight excluding hydrogens is 352 g/mol. The highest BCUT2D eigenvalue weighted by atomic mass is 16.5. The second kappa shape index (κ2) is 9.22. The van der Waals surface area contributed by atoms with Crippen LogP contribution in [0, 0.1) is 0 Å². The van der Waals surface area contributed by atoms with Crippen LogP contribution in [-0.4, -0.2) is 24.2 Å². The number of para-hydroxylation sites is 3. The molecule has 1 heterocycles. The predicted molar refractivity (Wildman–Crippen MR) is 113 cm³/mol. The zero-order chi connectivity index (χ0) is 19.9. The summed E-state index contributed by atoms with van der Waals surface area (Å²) in [5.74, 6) is 0.351. The number of carbonyl (C=O) groups is 1. The van der Waals surface area contributed by atoms with E-state index in [1.54, 1.807) is 13.1 Å². The molecule has 5 nitrogen and oxygen atoms in total. The molecule has 28 heavy (non-hydrogen) atoms. The fourth-order valence-corrected chi connectivity index (χ4v) is 3.11. The summed E-state index contributed by atoms with van der Waals surface area (Å²) >= 11 is 0. The van der Waals surface area contributed by atoms with Crippen LogP contribution in [0.15, 0.2) is 48.7 Å². The van der Waals surface area contributed by atoms with Gasteiger partial charge in [0, 0.05) is 11.6 Å². The van der Waals surface area contributed by atoms with Crippen LogP contribution in [0.25, 0.3) is 10.9 Å². The van der Waals surface area contributed by atoms with Crippen molar-refractivity contribution in [3.05, 3.63) is 59.8 Å². The molecule has 146 valence electrons. The van der Waals surface area contributed by atoms with Gasteiger partial charge in [0.15, 0.2) is 0 Å². The summed E-state index contributed by atoms with van der Waals surface area (Å²) in [7, 11) is 0. The van der Waals surface area contributed by atoms with Crippen LogP contribution in [0.3, 0.4) is 0 Å². The van der Waals surface area contributed by atoms with Gasteiger partial charge in [-0.3, -0.25) is 4.98 Å². The molecule has 3 aromatic rings. The Morgan fingerprint density at radius 2 is 1.89 bits per heavy atom. The molecule has 0 radical (unpaired) electrons. The van der Waals surface area contributed by atoms with E-state index < -0.39 is 5.97 Å². The number of aryl methyl sites for hydroxylation is 1. The van der Waals surface area contributed by atoms with Gasteiger partial charge in [-0.25, -0.2) is 4.79 Å². The minimum absolute atomic E-state index is 0.307. The maximum Gasteiger partial charge on any atom is 0.341 e. The Hall–Kier alpha value is -3.08. The number of nitrogens with one attached hydrogen (secondary N) is 1. The van der Waals surface area contributed by atoms with Gasteiger partial charge in [0.2, 0.25) is 0 Å². The van der Waals surface area contributed by atoms with E-state index in [0.717, 1.165) is 40.7 Å². The van der Waals surface area contributed by atoms with Crippen LogP contribution >= 0.6 is 0 Å². The monoisotopic (exact) mass is 378 g/mol. The number of pyridine rings is 1. The smallest absolute Gasteiger partial charge is 0.341 e. The lowest BCUT2D eigenvalue weighted by Crippen LogP contribution is -2.10. The largest absolute Gasteiger partial charge is 0.491 e. The fourth-order valence-electron chi connectivity index (χ4n) is 3.11. The van der Waals surface area contributed by atoms with E-state index in [4.69, 9.17) is 9.47 Å². The van der Waals surface area contributed by atoms with Crippen LogP contribution < -0.4 is 10.1 Å². The molecule has 0 saturated carbocycles. The molecule has 0 amide bonds. The first-order valence-corrected chi connectivity index (χ1v) is 9.76. The van der Waals surface area contributed by atoms with Crippen LogP contribution in [0.2, 0.25) is 0 Å². The Morgan fingerprint density at radius 1 is 1.07 bits per heavy atom. The Morgan fingerprint density at radius 3 is 2.64 bits per heavy atom. The molecule has 0 atom stereocenters. The summed E-state index contributed by atoms with van der Waals surface area (Å²) < 4.78 is 11.1. The van der Waals surface area contributed by atoms with Crippen molar-refractivity contribution >= 4 is 28.2 Å². The maximum absolute atomic E-state index is 12.6. The molecule has 0 bridgehead atoms. The van der Waals surface area contributed by atoms with Crippen molar-refractivity contribution < 1.29 is 14.3 Å². The summed E-state index contributed by atoms with van der Waals surface area (Å²) in [6.45, 7) is 6.89. The first kappa shape index (κ1) is 19.7. The van der Waals surface area contributed by atoms with Gasteiger partial charge in [0.05, 0.1) is 30.1 Å². The average molecular weight is 378 g/mol. The Kier molecular flexibility index (Phi) is 6.48. The van der Waals surface area contributed by atoms with E-state index in [9.17, 15) is 4.79 Å². The molecule has 5 heteroatoms. The summed E-state index contributed by atoms with van der Waals surface area (Å²) in [5, 5.41) is 4.30. The molecule has 1 N–H and O–H groups in total. The van der Waals surface area contributed by atoms with Crippen molar-refractivity contribution in [2.24, 2.45) is 0 Å². The van der Waals surface area contributed by atoms with Crippen molar-refractivity contribution in [3.8, 4) is 5.75 Å². The lowest BCUT2D eigenvalue weighted by Gasteiger charge is -2.17. The standard InChI is InChI=1S/C23H26N2O3/c1-4-14-28-20-13-8-7-12-19(20)25-22-17-11-9-10-16(5-2)21(17)24-15-18(22)23(26)27-6-3/h7-13,15H,4-6,14H2,1-3H3,(H,24,25). The van der Waals surface area contributed by atoms with Crippen molar-refractivity contribution in [3.63, 3.8) is 0 Å². The minimum Gasteiger partial charge on any atom is -0.491 e. The quantitative estimate of drug-likeness (QED) is 0.524. The molecule has 2 aromatic carbocycles. The van der Waals surface area contributed by atoms with Crippen LogP contribution in [-0.2, 0) is 11.2 Å². The van der Waals surface area contributed by atoms with Gasteiger partial charge in [-0.05, 0) is 37.5 Å². The zero-order valence-corrected chi connectivity index (χ0v) is 16.6. The predicted octanol–water partition coefficient (Wildman–Crippen LogP) is 5.51. The SMILES string of the molecule is CCCOc1ccccc1Nc1c(C(=O)OCC)cnc2c(CC)cccc12. The lowest BCUT2D eigenvalue weighted by molar-refractivity contribution is 0.0527. The molecular formula is C23H26N2O3. The first-order chi connectivity index (χ1) is 13.7. The normalized spacial score (nSPS) is 10.7. The fraction of sp³-hybridized carbons (Fsp3) is 0.304. The van der Waals surface area contributed by atoms with Gasteiger partial charge in [-0.2, -0.15) is 0 Å². The Bertz CT molecular complexity index is 969. The van der Waals surface area contributed by atoms with Crippen molar-refractivity contribution in [1.29, 1.82) is 0 Å². The number of hydrogen-bond acceptors (Lipinski definition) is 5. The number of carbonyl (C=O) groups excluding carboxylic acids is 1. The topological polar surface area (TPSA) is 60.5 Å². The van der Waals surface area contributed by atoms with E-state index in [1.165, 1.54) is 0 Å². The highest BCUT2D eigenvalue weighted by molar-refractivity contribution is 6.06. The number of fused-ring (bicyclic) bond motifs is 1. The molecule has 0 fully saturated rings. The summed E-state index contributed by atoms with van der Waals surface area (Å²) in [6, 6.07) is 13.7. The van der Waals surface area contributed by atoms with E-state index in [0.29, 0.717) is 24.5 Å². The molecule has 0 spiro atoms. The summed E-state index contributed by atoms with van der Waals surface area (Å²) in [5.41, 5.74) is 3.91.